The summed E-state index contributed by atoms with van der Waals surface area (Å²) >= 11 is 0. The molecule has 0 spiro atoms. The van der Waals surface area contributed by atoms with Crippen LogP contribution in [0.4, 0.5) is 10.7 Å². The van der Waals surface area contributed by atoms with E-state index in [9.17, 15) is 18.0 Å². The molecule has 2 amide bonds. The number of methoxy groups -OCH3 is 3. The molecule has 0 aliphatic carbocycles. The van der Waals surface area contributed by atoms with Crippen LogP contribution in [0.1, 0.15) is 10.4 Å². The molecule has 2 rings (SSSR count). The van der Waals surface area contributed by atoms with Gasteiger partial charge < -0.3 is 18.6 Å². The number of amides is 2. The average Bonchev–Trinajstić information content (AvgIpc) is 3.10. The normalized spacial score (nSPS) is 10.7. The molecule has 0 aliphatic rings. The Balaban J connectivity index is 2.20. The Hall–Kier alpha value is -3.35. The molecule has 2 aromatic rings. The largest absolute Gasteiger partial charge is 0.481 e. The van der Waals surface area contributed by atoms with Gasteiger partial charge in [0.15, 0.2) is 0 Å². The molecule has 26 heavy (non-hydrogen) atoms. The van der Waals surface area contributed by atoms with Crippen molar-refractivity contribution < 1.29 is 36.6 Å². The van der Waals surface area contributed by atoms with E-state index in [-0.39, 0.29) is 23.3 Å². The lowest BCUT2D eigenvalue weighted by Gasteiger charge is -2.09. The smallest absolute Gasteiger partial charge is 0.342 e. The van der Waals surface area contributed by atoms with Gasteiger partial charge in [-0.1, -0.05) is 0 Å². The summed E-state index contributed by atoms with van der Waals surface area (Å²) in [4.78, 5) is 31.1. The zero-order valence-electron chi connectivity index (χ0n) is 13.8. The zero-order valence-corrected chi connectivity index (χ0v) is 14.6. The molecule has 2 heterocycles. The first-order valence-corrected chi connectivity index (χ1v) is 8.25. The van der Waals surface area contributed by atoms with Crippen molar-refractivity contribution in [1.29, 1.82) is 0 Å². The summed E-state index contributed by atoms with van der Waals surface area (Å²) in [5, 5.41) is 1.33. The summed E-state index contributed by atoms with van der Waals surface area (Å²) in [5.41, 5.74) is -0.368. The van der Waals surface area contributed by atoms with E-state index in [4.69, 9.17) is 13.9 Å². The first-order valence-electron chi connectivity index (χ1n) is 6.77. The van der Waals surface area contributed by atoms with Gasteiger partial charge >= 0.3 is 12.0 Å². The number of hydrogen-bond donors (Lipinski definition) is 2. The van der Waals surface area contributed by atoms with Gasteiger partial charge in [0.05, 0.1) is 33.7 Å². The third-order valence-electron chi connectivity index (χ3n) is 2.83. The van der Waals surface area contributed by atoms with Crippen LogP contribution in [0.2, 0.25) is 0 Å². The minimum absolute atomic E-state index is 0.0778. The second-order valence-electron chi connectivity index (χ2n) is 4.45. The van der Waals surface area contributed by atoms with Crippen LogP contribution in [0.25, 0.3) is 0 Å². The summed E-state index contributed by atoms with van der Waals surface area (Å²) < 4.78 is 45.1. The van der Waals surface area contributed by atoms with E-state index in [0.717, 1.165) is 19.4 Å². The summed E-state index contributed by atoms with van der Waals surface area (Å²) in [6, 6.07) is 1.24. The van der Waals surface area contributed by atoms with Crippen molar-refractivity contribution in [3.63, 3.8) is 0 Å². The molecule has 0 radical (unpaired) electrons. The Bertz CT molecular complexity index is 902. The second kappa shape index (κ2) is 7.69. The number of aromatic nitrogens is 2. The van der Waals surface area contributed by atoms with E-state index in [2.05, 4.69) is 20.0 Å². The van der Waals surface area contributed by atoms with Crippen molar-refractivity contribution in [3.05, 3.63) is 24.0 Å². The molecule has 12 nitrogen and oxygen atoms in total. The van der Waals surface area contributed by atoms with Crippen molar-refractivity contribution in [3.8, 4) is 11.8 Å². The number of esters is 1. The van der Waals surface area contributed by atoms with Gasteiger partial charge in [0.25, 0.3) is 15.1 Å². The predicted molar refractivity (Wildman–Crippen MR) is 84.5 cm³/mol. The van der Waals surface area contributed by atoms with Crippen LogP contribution in [0.5, 0.6) is 11.8 Å². The van der Waals surface area contributed by atoms with Crippen molar-refractivity contribution in [2.45, 2.75) is 5.09 Å². The molecule has 0 atom stereocenters. The summed E-state index contributed by atoms with van der Waals surface area (Å²) in [6.07, 6.45) is 0.967. The van der Waals surface area contributed by atoms with Gasteiger partial charge in [0.2, 0.25) is 17.7 Å². The molecule has 0 saturated carbocycles. The van der Waals surface area contributed by atoms with E-state index in [1.807, 2.05) is 0 Å². The van der Waals surface area contributed by atoms with Gasteiger partial charge in [-0.15, -0.1) is 0 Å². The fraction of sp³-hybridized carbons (Fsp3) is 0.231. The third kappa shape index (κ3) is 4.18. The number of nitrogens with zero attached hydrogens (tertiary/aromatic N) is 2. The molecule has 0 fully saturated rings. The Labute approximate surface area is 147 Å². The lowest BCUT2D eigenvalue weighted by atomic mass is 10.3. The molecule has 0 saturated heterocycles. The van der Waals surface area contributed by atoms with Crippen molar-refractivity contribution >= 4 is 28.0 Å². The monoisotopic (exact) mass is 386 g/mol. The Kier molecular flexibility index (Phi) is 5.61. The van der Waals surface area contributed by atoms with Crippen LogP contribution in [-0.2, 0) is 14.8 Å². The minimum Gasteiger partial charge on any atom is -0.481 e. The van der Waals surface area contributed by atoms with Crippen LogP contribution in [0.15, 0.2) is 27.9 Å². The van der Waals surface area contributed by atoms with Crippen molar-refractivity contribution in [2.75, 3.05) is 26.6 Å². The van der Waals surface area contributed by atoms with Crippen LogP contribution >= 0.6 is 0 Å². The third-order valence-corrected chi connectivity index (χ3v) is 4.09. The maximum atomic E-state index is 12.2. The summed E-state index contributed by atoms with van der Waals surface area (Å²) in [5.74, 6) is -1.06. The number of nitrogens with one attached hydrogen (secondary N) is 2. The highest BCUT2D eigenvalue weighted by Gasteiger charge is 2.29. The molecule has 0 bridgehead atoms. The highest BCUT2D eigenvalue weighted by Crippen LogP contribution is 2.19. The van der Waals surface area contributed by atoms with E-state index >= 15 is 0 Å². The Morgan fingerprint density at radius 1 is 1.12 bits per heavy atom. The van der Waals surface area contributed by atoms with Gasteiger partial charge in [-0.05, 0) is 6.07 Å². The van der Waals surface area contributed by atoms with E-state index in [1.165, 1.54) is 20.3 Å². The fourth-order valence-electron chi connectivity index (χ4n) is 1.73. The number of urea groups is 1. The molecule has 2 N–H and O–H groups in total. The molecule has 140 valence electrons. The standard InChI is InChI=1S/C13H14N4O8S/c1-22-8-6-9(23-2)15-12(14-8)16-13(19)17-26(20,21)11-7(4-5-25-11)10(18)24-3/h4-6H,1-3H3,(H2,14,15,16,17,19). The van der Waals surface area contributed by atoms with Gasteiger partial charge in [0.1, 0.15) is 5.56 Å². The van der Waals surface area contributed by atoms with E-state index in [1.54, 1.807) is 4.72 Å². The number of carbonyl (C=O) groups excluding carboxylic acids is 2. The van der Waals surface area contributed by atoms with Crippen LogP contribution in [-0.4, -0.2) is 51.7 Å². The van der Waals surface area contributed by atoms with E-state index < -0.39 is 27.1 Å². The number of furan rings is 1. The van der Waals surface area contributed by atoms with Gasteiger partial charge in [-0.3, -0.25) is 5.32 Å². The first-order chi connectivity index (χ1) is 12.3. The van der Waals surface area contributed by atoms with Gasteiger partial charge in [-0.25, -0.2) is 14.3 Å². The maximum absolute atomic E-state index is 12.2. The molecule has 0 aromatic carbocycles. The highest BCUT2D eigenvalue weighted by molar-refractivity contribution is 7.90. The summed E-state index contributed by atoms with van der Waals surface area (Å²) in [6.45, 7) is 0. The second-order valence-corrected chi connectivity index (χ2v) is 6.03. The first kappa shape index (κ1) is 19.0. The average molecular weight is 386 g/mol. The van der Waals surface area contributed by atoms with E-state index in [0.29, 0.717) is 0 Å². The lowest BCUT2D eigenvalue weighted by Crippen LogP contribution is -2.35. The number of carbonyl (C=O) groups is 2. The van der Waals surface area contributed by atoms with Crippen LogP contribution in [0, 0.1) is 0 Å². The van der Waals surface area contributed by atoms with Crippen LogP contribution < -0.4 is 19.5 Å². The Morgan fingerprint density at radius 3 is 2.27 bits per heavy atom. The van der Waals surface area contributed by atoms with Crippen molar-refractivity contribution in [2.24, 2.45) is 0 Å². The van der Waals surface area contributed by atoms with Crippen LogP contribution in [0.3, 0.4) is 0 Å². The quantitative estimate of drug-likeness (QED) is 0.665. The Morgan fingerprint density at radius 2 is 1.73 bits per heavy atom. The maximum Gasteiger partial charge on any atom is 0.342 e. The number of anilines is 1. The number of ether oxygens (including phenoxy) is 3. The number of rotatable bonds is 6. The number of sulfonamides is 1. The van der Waals surface area contributed by atoms with Gasteiger partial charge in [0, 0.05) is 0 Å². The summed E-state index contributed by atoms with van der Waals surface area (Å²) in [7, 11) is -0.763. The minimum atomic E-state index is -4.50. The predicted octanol–water partition coefficient (Wildman–Crippen LogP) is 0.384. The molecule has 2 aromatic heterocycles. The molecule has 0 unspecified atom stereocenters. The lowest BCUT2D eigenvalue weighted by molar-refractivity contribution is 0.0593. The van der Waals surface area contributed by atoms with Gasteiger partial charge in [-0.2, -0.15) is 18.4 Å². The molecular weight excluding hydrogens is 372 g/mol. The number of hydrogen-bond acceptors (Lipinski definition) is 10. The molecule has 13 heteroatoms. The van der Waals surface area contributed by atoms with Crippen molar-refractivity contribution in [1.82, 2.24) is 14.7 Å². The molecular formula is C13H14N4O8S. The highest BCUT2D eigenvalue weighted by atomic mass is 32.2. The molecule has 0 aliphatic heterocycles. The SMILES string of the molecule is COC(=O)c1ccoc1S(=O)(=O)NC(=O)Nc1nc(OC)cc(OC)n1. The zero-order chi connectivity index (χ0) is 19.3. The topological polar surface area (TPSA) is 159 Å². The fourth-order valence-corrected chi connectivity index (χ4v) is 2.74.